The number of aliphatic hydroxyl groups is 1. The zero-order valence-corrected chi connectivity index (χ0v) is 12.1. The van der Waals surface area contributed by atoms with Gasteiger partial charge in [0, 0.05) is 23.8 Å². The summed E-state index contributed by atoms with van der Waals surface area (Å²) in [4.78, 5) is 14.0. The molecule has 6 heteroatoms. The van der Waals surface area contributed by atoms with Gasteiger partial charge >= 0.3 is 0 Å². The van der Waals surface area contributed by atoms with Gasteiger partial charge in [-0.3, -0.25) is 9.69 Å². The van der Waals surface area contributed by atoms with Crippen LogP contribution in [0.4, 0.5) is 5.69 Å². The standard InChI is InChI=1S/C14H19ClN2O3/c1-10-6-17(7-13(9-18)20-10)8-14(19)16-12-4-2-3-11(15)5-12/h2-5,10,13,18H,6-9H2,1H3,(H,16,19). The number of rotatable bonds is 4. The Morgan fingerprint density at radius 2 is 2.35 bits per heavy atom. The van der Waals surface area contributed by atoms with Crippen molar-refractivity contribution in [1.29, 1.82) is 0 Å². The highest BCUT2D eigenvalue weighted by Gasteiger charge is 2.25. The van der Waals surface area contributed by atoms with E-state index in [4.69, 9.17) is 21.4 Å². The van der Waals surface area contributed by atoms with Crippen LogP contribution in [0.2, 0.25) is 5.02 Å². The monoisotopic (exact) mass is 298 g/mol. The fourth-order valence-corrected chi connectivity index (χ4v) is 2.53. The number of halogens is 1. The molecule has 2 atom stereocenters. The second-order valence-corrected chi connectivity index (χ2v) is 5.44. The van der Waals surface area contributed by atoms with Crippen LogP contribution in [-0.4, -0.2) is 54.4 Å². The lowest BCUT2D eigenvalue weighted by Crippen LogP contribution is -2.50. The van der Waals surface area contributed by atoms with Crippen LogP contribution in [0.25, 0.3) is 0 Å². The third-order valence-electron chi connectivity index (χ3n) is 3.08. The molecule has 110 valence electrons. The maximum Gasteiger partial charge on any atom is 0.238 e. The summed E-state index contributed by atoms with van der Waals surface area (Å²) in [6.07, 6.45) is -0.211. The molecule has 5 nitrogen and oxygen atoms in total. The van der Waals surface area contributed by atoms with Crippen molar-refractivity contribution in [3.05, 3.63) is 29.3 Å². The SMILES string of the molecule is CC1CN(CC(=O)Nc2cccc(Cl)c2)CC(CO)O1. The number of morpholine rings is 1. The van der Waals surface area contributed by atoms with Crippen LogP contribution in [-0.2, 0) is 9.53 Å². The lowest BCUT2D eigenvalue weighted by Gasteiger charge is -2.35. The van der Waals surface area contributed by atoms with Crippen LogP contribution in [0.5, 0.6) is 0 Å². The molecule has 1 aromatic carbocycles. The number of aliphatic hydroxyl groups excluding tert-OH is 1. The van der Waals surface area contributed by atoms with Gasteiger partial charge in [0.15, 0.2) is 0 Å². The van der Waals surface area contributed by atoms with E-state index in [2.05, 4.69) is 5.32 Å². The maximum atomic E-state index is 12.0. The first-order chi connectivity index (χ1) is 9.56. The lowest BCUT2D eigenvalue weighted by molar-refractivity contribution is -0.124. The highest BCUT2D eigenvalue weighted by atomic mass is 35.5. The average molecular weight is 299 g/mol. The molecule has 1 aromatic rings. The number of anilines is 1. The van der Waals surface area contributed by atoms with Crippen molar-refractivity contribution in [2.75, 3.05) is 31.6 Å². The average Bonchev–Trinajstić information content (AvgIpc) is 2.37. The number of hydrogen-bond acceptors (Lipinski definition) is 4. The van der Waals surface area contributed by atoms with Crippen LogP contribution in [0.1, 0.15) is 6.92 Å². The predicted molar refractivity (Wildman–Crippen MR) is 77.9 cm³/mol. The van der Waals surface area contributed by atoms with Gasteiger partial charge < -0.3 is 15.2 Å². The Labute approximate surface area is 123 Å². The zero-order valence-electron chi connectivity index (χ0n) is 11.4. The molecule has 1 saturated heterocycles. The van der Waals surface area contributed by atoms with E-state index in [9.17, 15) is 4.79 Å². The topological polar surface area (TPSA) is 61.8 Å². The Morgan fingerprint density at radius 3 is 3.05 bits per heavy atom. The number of hydrogen-bond donors (Lipinski definition) is 2. The Hall–Kier alpha value is -1.14. The van der Waals surface area contributed by atoms with E-state index < -0.39 is 0 Å². The van der Waals surface area contributed by atoms with Crippen molar-refractivity contribution < 1.29 is 14.6 Å². The molecule has 2 N–H and O–H groups in total. The quantitative estimate of drug-likeness (QED) is 0.881. The first-order valence-corrected chi connectivity index (χ1v) is 6.98. The second-order valence-electron chi connectivity index (χ2n) is 5.00. The van der Waals surface area contributed by atoms with E-state index in [1.54, 1.807) is 24.3 Å². The predicted octanol–water partition coefficient (Wildman–Crippen LogP) is 1.36. The van der Waals surface area contributed by atoms with Gasteiger partial charge in [-0.1, -0.05) is 17.7 Å². The summed E-state index contributed by atoms with van der Waals surface area (Å²) >= 11 is 5.87. The van der Waals surface area contributed by atoms with Crippen LogP contribution in [0.15, 0.2) is 24.3 Å². The van der Waals surface area contributed by atoms with E-state index in [-0.39, 0.29) is 31.3 Å². The van der Waals surface area contributed by atoms with Crippen molar-refractivity contribution in [2.24, 2.45) is 0 Å². The highest BCUT2D eigenvalue weighted by Crippen LogP contribution is 2.15. The third kappa shape index (κ3) is 4.45. The maximum absolute atomic E-state index is 12.0. The zero-order chi connectivity index (χ0) is 14.5. The molecule has 1 aliphatic heterocycles. The van der Waals surface area contributed by atoms with Crippen molar-refractivity contribution in [3.63, 3.8) is 0 Å². The molecule has 0 spiro atoms. The summed E-state index contributed by atoms with van der Waals surface area (Å²) in [6, 6.07) is 7.05. The van der Waals surface area contributed by atoms with Gasteiger partial charge in [-0.2, -0.15) is 0 Å². The first-order valence-electron chi connectivity index (χ1n) is 6.61. The molecule has 2 unspecified atom stereocenters. The second kappa shape index (κ2) is 7.04. The molecule has 0 aromatic heterocycles. The molecular weight excluding hydrogens is 280 g/mol. The molecule has 1 heterocycles. The third-order valence-corrected chi connectivity index (χ3v) is 3.32. The highest BCUT2D eigenvalue weighted by molar-refractivity contribution is 6.30. The summed E-state index contributed by atoms with van der Waals surface area (Å²) in [5.41, 5.74) is 0.683. The van der Waals surface area contributed by atoms with Gasteiger partial charge in [0.1, 0.15) is 0 Å². The van der Waals surface area contributed by atoms with Crippen molar-refractivity contribution >= 4 is 23.2 Å². The van der Waals surface area contributed by atoms with Gasteiger partial charge in [0.05, 0.1) is 25.4 Å². The molecule has 1 aliphatic rings. The van der Waals surface area contributed by atoms with Crippen LogP contribution in [0, 0.1) is 0 Å². The molecule has 1 fully saturated rings. The number of nitrogens with one attached hydrogen (secondary N) is 1. The molecule has 1 amide bonds. The van der Waals surface area contributed by atoms with Gasteiger partial charge in [-0.25, -0.2) is 0 Å². The first kappa shape index (κ1) is 15.3. The number of ether oxygens (including phenoxy) is 1. The fraction of sp³-hybridized carbons (Fsp3) is 0.500. The number of carbonyl (C=O) groups excluding carboxylic acids is 1. The minimum atomic E-state index is -0.224. The van der Waals surface area contributed by atoms with Gasteiger partial charge in [-0.15, -0.1) is 0 Å². The molecule has 20 heavy (non-hydrogen) atoms. The van der Waals surface area contributed by atoms with Crippen LogP contribution >= 0.6 is 11.6 Å². The summed E-state index contributed by atoms with van der Waals surface area (Å²) in [6.45, 7) is 3.42. The van der Waals surface area contributed by atoms with E-state index in [0.717, 1.165) is 0 Å². The van der Waals surface area contributed by atoms with Gasteiger partial charge in [-0.05, 0) is 25.1 Å². The summed E-state index contributed by atoms with van der Waals surface area (Å²) in [5, 5.41) is 12.6. The van der Waals surface area contributed by atoms with E-state index in [0.29, 0.717) is 23.8 Å². The molecular formula is C14H19ClN2O3. The van der Waals surface area contributed by atoms with Gasteiger partial charge in [0.2, 0.25) is 5.91 Å². The minimum Gasteiger partial charge on any atom is -0.394 e. The van der Waals surface area contributed by atoms with E-state index >= 15 is 0 Å². The Bertz CT molecular complexity index is 469. The normalized spacial score (nSPS) is 23.6. The smallest absolute Gasteiger partial charge is 0.238 e. The minimum absolute atomic E-state index is 0.0138. The van der Waals surface area contributed by atoms with E-state index in [1.165, 1.54) is 0 Å². The summed E-state index contributed by atoms with van der Waals surface area (Å²) < 4.78 is 5.54. The molecule has 0 saturated carbocycles. The Morgan fingerprint density at radius 1 is 1.55 bits per heavy atom. The fourth-order valence-electron chi connectivity index (χ4n) is 2.34. The number of carbonyl (C=O) groups is 1. The molecule has 0 bridgehead atoms. The van der Waals surface area contributed by atoms with Crippen LogP contribution in [0.3, 0.4) is 0 Å². The number of amides is 1. The number of nitrogens with zero attached hydrogens (tertiary/aromatic N) is 1. The number of benzene rings is 1. The van der Waals surface area contributed by atoms with E-state index in [1.807, 2.05) is 11.8 Å². The molecule has 0 radical (unpaired) electrons. The Balaban J connectivity index is 1.87. The summed E-state index contributed by atoms with van der Waals surface area (Å²) in [5.74, 6) is -0.0990. The lowest BCUT2D eigenvalue weighted by atomic mass is 10.2. The van der Waals surface area contributed by atoms with Gasteiger partial charge in [0.25, 0.3) is 0 Å². The van der Waals surface area contributed by atoms with Crippen molar-refractivity contribution in [2.45, 2.75) is 19.1 Å². The molecule has 0 aliphatic carbocycles. The van der Waals surface area contributed by atoms with Crippen LogP contribution < -0.4 is 5.32 Å². The Kier molecular flexibility index (Phi) is 5.37. The van der Waals surface area contributed by atoms with Crippen molar-refractivity contribution in [3.8, 4) is 0 Å². The van der Waals surface area contributed by atoms with Crippen molar-refractivity contribution in [1.82, 2.24) is 4.90 Å². The molecule has 2 rings (SSSR count). The largest absolute Gasteiger partial charge is 0.394 e. The summed E-state index contributed by atoms with van der Waals surface area (Å²) in [7, 11) is 0.